The maximum absolute atomic E-state index is 7.26. The molecule has 4 aromatic carbocycles. The Morgan fingerprint density at radius 1 is 0.732 bits per heavy atom. The lowest BCUT2D eigenvalue weighted by Gasteiger charge is -2.53. The van der Waals surface area contributed by atoms with Crippen LogP contribution in [0.15, 0.2) is 108 Å². The Balaban J connectivity index is 1.13. The lowest BCUT2D eigenvalue weighted by molar-refractivity contribution is 0.132. The number of allylic oxidation sites excluding steroid dienone is 1. The molecule has 2 nitrogen and oxygen atoms in total. The first kappa shape index (κ1) is 26.6. The van der Waals surface area contributed by atoms with Crippen molar-refractivity contribution in [1.82, 2.24) is 0 Å². The molecule has 0 saturated heterocycles. The lowest BCUT2D eigenvalue weighted by Crippen LogP contribution is -2.68. The number of benzene rings is 4. The Hall–Kier alpha value is -3.27. The van der Waals surface area contributed by atoms with Gasteiger partial charge in [-0.3, -0.25) is 0 Å². The molecule has 4 aromatic rings. The zero-order chi connectivity index (χ0) is 28.0. The van der Waals surface area contributed by atoms with E-state index >= 15 is 0 Å². The zero-order valence-corrected chi connectivity index (χ0v) is 25.6. The molecule has 0 aromatic heterocycles. The van der Waals surface area contributed by atoms with Gasteiger partial charge in [0.25, 0.3) is 0 Å². The van der Waals surface area contributed by atoms with Crippen molar-refractivity contribution in [2.45, 2.75) is 64.5 Å². The van der Waals surface area contributed by atoms with E-state index in [1.165, 1.54) is 64.4 Å². The van der Waals surface area contributed by atoms with Crippen molar-refractivity contribution in [3.05, 3.63) is 120 Å². The highest BCUT2D eigenvalue weighted by molar-refractivity contribution is 7.00. The molecular formula is C38H41O2Si-. The first-order chi connectivity index (χ1) is 19.9. The molecule has 2 atom stereocenters. The van der Waals surface area contributed by atoms with Gasteiger partial charge in [-0.15, -0.1) is 6.61 Å². The van der Waals surface area contributed by atoms with Gasteiger partial charge in [0.2, 0.25) is 0 Å². The molecule has 2 saturated carbocycles. The fraction of sp³-hybridized carbons (Fsp3) is 0.342. The van der Waals surface area contributed by atoms with Gasteiger partial charge in [-0.25, -0.2) is 5.57 Å². The van der Waals surface area contributed by atoms with Crippen molar-refractivity contribution in [2.24, 2.45) is 17.8 Å². The summed E-state index contributed by atoms with van der Waals surface area (Å²) >= 11 is 0. The SMILES string of the molecule is CC(C)(C)[Si](Oc1ccc2cc(CO[CH-]C3=C4CC5CC(C4)CC3C5)ccc2c1)(c1ccccc1)c1ccccc1. The molecule has 41 heavy (non-hydrogen) atoms. The van der Waals surface area contributed by atoms with Gasteiger partial charge < -0.3 is 9.16 Å². The minimum atomic E-state index is -2.66. The highest BCUT2D eigenvalue weighted by atomic mass is 28.4. The fourth-order valence-electron chi connectivity index (χ4n) is 8.12. The predicted octanol–water partition coefficient (Wildman–Crippen LogP) is 8.59. The Labute approximate surface area is 246 Å². The maximum Gasteiger partial charge on any atom is 0.319 e. The molecule has 4 bridgehead atoms. The predicted molar refractivity (Wildman–Crippen MR) is 172 cm³/mol. The van der Waals surface area contributed by atoms with Crippen LogP contribution in [0.2, 0.25) is 5.04 Å². The van der Waals surface area contributed by atoms with E-state index in [1.807, 2.05) is 0 Å². The summed E-state index contributed by atoms with van der Waals surface area (Å²) in [5.41, 5.74) is 4.44. The highest BCUT2D eigenvalue weighted by Crippen LogP contribution is 2.54. The number of hydrogen-bond acceptors (Lipinski definition) is 2. The van der Waals surface area contributed by atoms with Crippen molar-refractivity contribution in [3.8, 4) is 5.75 Å². The normalized spacial score (nSPS) is 21.9. The Morgan fingerprint density at radius 3 is 1.95 bits per heavy atom. The molecule has 8 rings (SSSR count). The summed E-state index contributed by atoms with van der Waals surface area (Å²) in [7, 11) is -2.66. The van der Waals surface area contributed by atoms with Crippen molar-refractivity contribution in [2.75, 3.05) is 0 Å². The molecule has 0 radical (unpaired) electrons. The van der Waals surface area contributed by atoms with Crippen LogP contribution in [-0.2, 0) is 11.3 Å². The van der Waals surface area contributed by atoms with E-state index in [2.05, 4.69) is 124 Å². The summed E-state index contributed by atoms with van der Waals surface area (Å²) < 4.78 is 13.5. The van der Waals surface area contributed by atoms with Crippen LogP contribution < -0.4 is 14.8 Å². The minimum absolute atomic E-state index is 0.0735. The molecular weight excluding hydrogens is 517 g/mol. The third-order valence-corrected chi connectivity index (χ3v) is 14.8. The first-order valence-electron chi connectivity index (χ1n) is 15.4. The average Bonchev–Trinajstić information content (AvgIpc) is 2.97. The van der Waals surface area contributed by atoms with Crippen LogP contribution in [-0.4, -0.2) is 8.32 Å². The molecule has 4 aliphatic carbocycles. The largest absolute Gasteiger partial charge is 0.534 e. The van der Waals surface area contributed by atoms with Crippen LogP contribution in [0, 0.1) is 24.4 Å². The first-order valence-corrected chi connectivity index (χ1v) is 17.3. The van der Waals surface area contributed by atoms with E-state index in [0.29, 0.717) is 6.61 Å². The summed E-state index contributed by atoms with van der Waals surface area (Å²) in [5.74, 6) is 3.58. The molecule has 0 heterocycles. The number of fused-ring (bicyclic) bond motifs is 1. The summed E-state index contributed by atoms with van der Waals surface area (Å²) in [4.78, 5) is 0. The Morgan fingerprint density at radius 2 is 1.34 bits per heavy atom. The molecule has 0 N–H and O–H groups in total. The summed E-state index contributed by atoms with van der Waals surface area (Å²) in [5, 5.41) is 4.92. The summed E-state index contributed by atoms with van der Waals surface area (Å²) in [6.07, 6.45) is 6.86. The molecule has 2 fully saturated rings. The van der Waals surface area contributed by atoms with Crippen LogP contribution in [0.1, 0.15) is 58.4 Å². The van der Waals surface area contributed by atoms with Gasteiger partial charge in [-0.05, 0) is 75.1 Å². The molecule has 0 amide bonds. The topological polar surface area (TPSA) is 18.5 Å². The maximum atomic E-state index is 7.26. The zero-order valence-electron chi connectivity index (χ0n) is 24.6. The Kier molecular flexibility index (Phi) is 6.83. The van der Waals surface area contributed by atoms with Crippen LogP contribution in [0.5, 0.6) is 5.75 Å². The third kappa shape index (κ3) is 4.94. The van der Waals surface area contributed by atoms with Gasteiger partial charge in [-0.1, -0.05) is 124 Å². The van der Waals surface area contributed by atoms with Crippen molar-refractivity contribution < 1.29 is 9.16 Å². The van der Waals surface area contributed by atoms with Crippen LogP contribution in [0.3, 0.4) is 0 Å². The quantitative estimate of drug-likeness (QED) is 0.160. The third-order valence-electron chi connectivity index (χ3n) is 9.84. The van der Waals surface area contributed by atoms with E-state index in [0.717, 1.165) is 23.5 Å². The molecule has 2 unspecified atom stereocenters. The van der Waals surface area contributed by atoms with Gasteiger partial charge in [0.1, 0.15) is 5.75 Å². The van der Waals surface area contributed by atoms with Gasteiger partial charge in [-0.2, -0.15) is 5.57 Å². The number of rotatable bonds is 8. The van der Waals surface area contributed by atoms with Crippen LogP contribution in [0.25, 0.3) is 10.8 Å². The lowest BCUT2D eigenvalue weighted by atomic mass is 9.58. The van der Waals surface area contributed by atoms with E-state index in [9.17, 15) is 0 Å². The second-order valence-corrected chi connectivity index (χ2v) is 17.9. The summed E-state index contributed by atoms with van der Waals surface area (Å²) in [6, 6.07) is 35.0. The number of ether oxygens (including phenoxy) is 1. The van der Waals surface area contributed by atoms with Gasteiger partial charge in [0.15, 0.2) is 0 Å². The van der Waals surface area contributed by atoms with Crippen LogP contribution in [0.4, 0.5) is 0 Å². The minimum Gasteiger partial charge on any atom is -0.534 e. The van der Waals surface area contributed by atoms with E-state index < -0.39 is 8.32 Å². The van der Waals surface area contributed by atoms with Gasteiger partial charge in [0, 0.05) is 0 Å². The fourth-order valence-corrected chi connectivity index (χ4v) is 12.5. The van der Waals surface area contributed by atoms with Gasteiger partial charge >= 0.3 is 8.32 Å². The van der Waals surface area contributed by atoms with Crippen LogP contribution >= 0.6 is 0 Å². The van der Waals surface area contributed by atoms with E-state index in [1.54, 1.807) is 5.57 Å². The highest BCUT2D eigenvalue weighted by Gasteiger charge is 2.52. The molecule has 0 aliphatic heterocycles. The summed E-state index contributed by atoms with van der Waals surface area (Å²) in [6.45, 7) is 9.70. The standard InChI is InChI=1S/C38H41O2Si/c1-38(2,3)41(35-10-6-4-7-11-35,36-12-8-5-9-13-36)40-34-17-16-30-19-27(14-15-31(30)24-34)25-39-26-37-32-20-28-18-29(22-32)23-33(37)21-28/h4-17,19,24,26,28-29,32H,18,20-23,25H2,1-3H3/q-1. The Bertz CT molecular complexity index is 1510. The average molecular weight is 558 g/mol. The second kappa shape index (κ2) is 10.5. The van der Waals surface area contributed by atoms with Crippen molar-refractivity contribution in [3.63, 3.8) is 0 Å². The molecule has 4 aliphatic rings. The number of hydrogen-bond donors (Lipinski definition) is 0. The van der Waals surface area contributed by atoms with Gasteiger partial charge in [0.05, 0.1) is 6.61 Å². The molecule has 0 spiro atoms. The second-order valence-electron chi connectivity index (χ2n) is 13.6. The van der Waals surface area contributed by atoms with E-state index in [4.69, 9.17) is 9.16 Å². The molecule has 210 valence electrons. The smallest absolute Gasteiger partial charge is 0.319 e. The monoisotopic (exact) mass is 557 g/mol. The van der Waals surface area contributed by atoms with Crippen molar-refractivity contribution in [1.29, 1.82) is 0 Å². The van der Waals surface area contributed by atoms with E-state index in [-0.39, 0.29) is 5.04 Å². The molecule has 3 heteroatoms. The van der Waals surface area contributed by atoms with Crippen molar-refractivity contribution >= 4 is 29.5 Å².